The van der Waals surface area contributed by atoms with E-state index >= 15 is 4.39 Å². The van der Waals surface area contributed by atoms with E-state index in [2.05, 4.69) is 36.9 Å². The summed E-state index contributed by atoms with van der Waals surface area (Å²) in [6.45, 7) is 0.255. The molecule has 22 nitrogen and oxygen atoms in total. The van der Waals surface area contributed by atoms with E-state index in [1.54, 1.807) is 61.5 Å². The number of esters is 1. The lowest BCUT2D eigenvalue weighted by Crippen LogP contribution is -2.52. The zero-order valence-electron chi connectivity index (χ0n) is 43.3. The van der Waals surface area contributed by atoms with Gasteiger partial charge in [0.1, 0.15) is 18.3 Å². The van der Waals surface area contributed by atoms with Gasteiger partial charge in [0, 0.05) is 48.4 Å². The molecule has 2 atom stereocenters. The second-order valence-corrected chi connectivity index (χ2v) is 23.5. The van der Waals surface area contributed by atoms with Gasteiger partial charge < -0.3 is 51.0 Å². The van der Waals surface area contributed by atoms with Crippen LogP contribution in [0.4, 0.5) is 10.1 Å². The molecule has 0 spiro atoms. The first kappa shape index (κ1) is 55.2. The number of nitrogens with one attached hydrogen (secondary N) is 6. The highest BCUT2D eigenvalue weighted by molar-refractivity contribution is 7.94. The number of cyclic esters (lactones) is 1. The number of thiazole rings is 1. The normalized spacial score (nSPS) is 16.3. The van der Waals surface area contributed by atoms with E-state index in [0.29, 0.717) is 88.8 Å². The Kier molecular flexibility index (Phi) is 15.8. The summed E-state index contributed by atoms with van der Waals surface area (Å²) in [4.78, 5) is 113. The average molecular weight is 1130 g/mol. The van der Waals surface area contributed by atoms with Crippen LogP contribution in [0.3, 0.4) is 0 Å². The fraction of sp³-hybridized carbons (Fsp3) is 0.382. The second-order valence-electron chi connectivity index (χ2n) is 20.1. The summed E-state index contributed by atoms with van der Waals surface area (Å²) in [5.74, 6) is -5.33. The summed E-state index contributed by atoms with van der Waals surface area (Å²) < 4.78 is 54.7. The number of hydrogen-bond acceptors (Lipinski definition) is 16. The van der Waals surface area contributed by atoms with E-state index in [0.717, 1.165) is 23.0 Å². The summed E-state index contributed by atoms with van der Waals surface area (Å²) >= 11 is 1.11. The Bertz CT molecular complexity index is 3720. The average Bonchev–Trinajstić information content (AvgIpc) is 4.31. The summed E-state index contributed by atoms with van der Waals surface area (Å²) in [7, 11) is -3.40. The van der Waals surface area contributed by atoms with Gasteiger partial charge in [-0.2, -0.15) is 0 Å². The number of carbonyl (C=O) groups is 7. The number of unbranched alkanes of at least 4 members (excludes halogenated alkanes) is 2. The maximum Gasteiger partial charge on any atom is 0.343 e. The molecule has 80 heavy (non-hydrogen) atoms. The van der Waals surface area contributed by atoms with Crippen molar-refractivity contribution < 1.29 is 61.0 Å². The molecule has 25 heteroatoms. The van der Waals surface area contributed by atoms with Gasteiger partial charge in [-0.25, -0.2) is 27.6 Å². The second kappa shape index (κ2) is 22.9. The fourth-order valence-corrected chi connectivity index (χ4v) is 13.3. The van der Waals surface area contributed by atoms with Gasteiger partial charge in [0.2, 0.25) is 49.6 Å². The lowest BCUT2D eigenvalue weighted by atomic mass is 9.86. The van der Waals surface area contributed by atoms with Crippen LogP contribution in [0.1, 0.15) is 85.3 Å². The van der Waals surface area contributed by atoms with Crippen molar-refractivity contribution in [2.75, 3.05) is 38.1 Å². The maximum absolute atomic E-state index is 16.1. The number of halogens is 1. The van der Waals surface area contributed by atoms with Crippen LogP contribution in [0.25, 0.3) is 32.5 Å². The van der Waals surface area contributed by atoms with Crippen LogP contribution < -0.4 is 42.2 Å². The molecule has 1 saturated carbocycles. The number of aromatic nitrogens is 3. The van der Waals surface area contributed by atoms with E-state index < -0.39 is 88.0 Å². The summed E-state index contributed by atoms with van der Waals surface area (Å²) in [5, 5.41) is 26.7. The van der Waals surface area contributed by atoms with E-state index in [1.165, 1.54) is 4.57 Å². The predicted molar refractivity (Wildman–Crippen MR) is 288 cm³/mol. The smallest absolute Gasteiger partial charge is 0.343 e. The van der Waals surface area contributed by atoms with Crippen molar-refractivity contribution >= 4 is 89.4 Å². The summed E-state index contributed by atoms with van der Waals surface area (Å²) in [6, 6.07) is 15.4. The molecule has 6 aromatic rings. The maximum atomic E-state index is 16.1. The fourth-order valence-electron chi connectivity index (χ4n) is 10.1. The Morgan fingerprint density at radius 2 is 1.59 bits per heavy atom. The van der Waals surface area contributed by atoms with Crippen LogP contribution in [0.2, 0.25) is 0 Å². The van der Waals surface area contributed by atoms with Crippen molar-refractivity contribution in [1.82, 2.24) is 41.1 Å². The third-order valence-corrected chi connectivity index (χ3v) is 18.2. The Balaban J connectivity index is 0.674. The molecule has 3 aromatic carbocycles. The van der Waals surface area contributed by atoms with Crippen LogP contribution in [0.5, 0.6) is 5.75 Å². The van der Waals surface area contributed by atoms with Gasteiger partial charge in [0.15, 0.2) is 17.2 Å². The SMILES string of the molecule is CC[C@@]1(O)C(=O)OCc2c1cc1n(c2=O)Cc2c-1nc1cc(F)c(NC(=O)CNC(=O)[C@H](Cc3ccccc3)NC(=O)CNC(=O)CNC(=O)CCCCCNC(=O)Cc3ccc4nc(S(=O)(=O)C5CC5)sc4c3)c3c1c2CCO3. The number of amides is 6. The topological polar surface area (TPSA) is 312 Å². The minimum Gasteiger partial charge on any atom is -0.490 e. The Morgan fingerprint density at radius 3 is 2.36 bits per heavy atom. The lowest BCUT2D eigenvalue weighted by Gasteiger charge is -2.31. The lowest BCUT2D eigenvalue weighted by molar-refractivity contribution is -0.172. The summed E-state index contributed by atoms with van der Waals surface area (Å²) in [5.41, 5.74) is 1.75. The highest BCUT2D eigenvalue weighted by Crippen LogP contribution is 2.46. The molecule has 7 N–H and O–H groups in total. The molecule has 0 radical (unpaired) electrons. The highest BCUT2D eigenvalue weighted by atomic mass is 32.2. The van der Waals surface area contributed by atoms with Gasteiger partial charge in [-0.15, -0.1) is 11.3 Å². The van der Waals surface area contributed by atoms with Crippen LogP contribution in [0.15, 0.2) is 69.8 Å². The molecular weight excluding hydrogens is 1080 g/mol. The molecule has 1 fully saturated rings. The van der Waals surface area contributed by atoms with Gasteiger partial charge in [0.25, 0.3) is 5.56 Å². The van der Waals surface area contributed by atoms with Gasteiger partial charge in [-0.05, 0) is 67.0 Å². The van der Waals surface area contributed by atoms with Crippen molar-refractivity contribution in [1.29, 1.82) is 0 Å². The van der Waals surface area contributed by atoms with E-state index in [-0.39, 0.29) is 89.0 Å². The van der Waals surface area contributed by atoms with E-state index in [1.807, 2.05) is 0 Å². The highest BCUT2D eigenvalue weighted by Gasteiger charge is 2.46. The van der Waals surface area contributed by atoms with Crippen LogP contribution in [0, 0.1) is 5.82 Å². The standard InChI is InChI=1S/C55H56FN9O13S2/c1-2-55(74)35-22-40-48-33(27-65(40)52(72)34(35)28-78-53(55)73)32-16-18-77-50-47(32)38(62-48)23-36(56)49(50)64-46(70)26-60-51(71)39(19-29-9-5-3-6-10-29)61-45(69)25-59-44(68)24-58-42(66)11-7-4-8-17-57-43(67)21-30-12-15-37-41(20-30)79-54(63-37)80(75,76)31-13-14-31/h3,5-6,9-10,12,15,20,22-23,31,39,74H,2,4,7-8,11,13-14,16-19,21,24-28H2,1H3,(H,57,67)(H,58,66)(H,59,68)(H,60,71)(H,61,69)(H,64,70)/t39-,55-/m0/s1. The number of sulfone groups is 1. The minimum atomic E-state index is -3.40. The molecule has 4 aliphatic rings. The van der Waals surface area contributed by atoms with Crippen molar-refractivity contribution in [3.63, 3.8) is 0 Å². The molecule has 0 bridgehead atoms. The first-order valence-electron chi connectivity index (χ1n) is 26.2. The van der Waals surface area contributed by atoms with Crippen molar-refractivity contribution in [2.24, 2.45) is 0 Å². The van der Waals surface area contributed by atoms with E-state index in [9.17, 15) is 51.9 Å². The predicted octanol–water partition coefficient (Wildman–Crippen LogP) is 2.63. The Labute approximate surface area is 460 Å². The van der Waals surface area contributed by atoms with Crippen molar-refractivity contribution in [3.05, 3.63) is 110 Å². The van der Waals surface area contributed by atoms with Gasteiger partial charge in [0.05, 0.1) is 77.1 Å². The molecule has 0 unspecified atom stereocenters. The van der Waals surface area contributed by atoms with E-state index in [4.69, 9.17) is 14.5 Å². The number of rotatable bonds is 22. The number of carbonyl (C=O) groups excluding carboxylic acids is 7. The van der Waals surface area contributed by atoms with Crippen LogP contribution >= 0.6 is 11.3 Å². The molecule has 418 valence electrons. The molecule has 3 aromatic heterocycles. The van der Waals surface area contributed by atoms with Crippen LogP contribution in [-0.2, 0) is 86.2 Å². The zero-order chi connectivity index (χ0) is 56.5. The number of hydrogen-bond donors (Lipinski definition) is 7. The van der Waals surface area contributed by atoms with Crippen molar-refractivity contribution in [3.8, 4) is 17.1 Å². The molecule has 6 amide bonds. The third kappa shape index (κ3) is 11.5. The monoisotopic (exact) mass is 1130 g/mol. The number of benzene rings is 3. The van der Waals surface area contributed by atoms with Gasteiger partial charge in [-0.1, -0.05) is 49.7 Å². The molecule has 10 rings (SSSR count). The quantitative estimate of drug-likeness (QED) is 0.0379. The molecule has 3 aliphatic heterocycles. The minimum absolute atomic E-state index is 0.000607. The molecular formula is C55H56FN9O13S2. The van der Waals surface area contributed by atoms with Gasteiger partial charge in [-0.3, -0.25) is 33.6 Å². The largest absolute Gasteiger partial charge is 0.490 e. The molecule has 6 heterocycles. The Hall–Kier alpha value is -8.16. The summed E-state index contributed by atoms with van der Waals surface area (Å²) in [6.07, 6.45) is 3.55. The number of ether oxygens (including phenoxy) is 2. The molecule has 1 aliphatic carbocycles. The third-order valence-electron chi connectivity index (χ3n) is 14.5. The Morgan fingerprint density at radius 1 is 0.825 bits per heavy atom. The molecule has 0 saturated heterocycles. The first-order chi connectivity index (χ1) is 38.4. The number of nitrogens with zero attached hydrogens (tertiary/aromatic N) is 3. The zero-order valence-corrected chi connectivity index (χ0v) is 45.0. The first-order valence-corrected chi connectivity index (χ1v) is 28.6. The number of anilines is 1. The van der Waals surface area contributed by atoms with Crippen molar-refractivity contribution in [2.45, 2.75) is 106 Å². The van der Waals surface area contributed by atoms with Gasteiger partial charge >= 0.3 is 5.97 Å². The van der Waals surface area contributed by atoms with Crippen LogP contribution in [-0.4, -0.2) is 114 Å². The number of pyridine rings is 2. The number of aliphatic hydroxyl groups is 1. The number of fused-ring (bicyclic) bond motifs is 6.